The number of likely N-dealkylation sites (N-methyl/N-ethyl adjacent to an activating group) is 2. The summed E-state index contributed by atoms with van der Waals surface area (Å²) in [5.41, 5.74) is 0. The largest absolute Gasteiger partial charge is 0.341 e. The van der Waals surface area contributed by atoms with Crippen molar-refractivity contribution in [3.63, 3.8) is 0 Å². The van der Waals surface area contributed by atoms with Gasteiger partial charge in [0.1, 0.15) is 0 Å². The first-order valence-electron chi connectivity index (χ1n) is 6.18. The molecule has 2 atom stereocenters. The van der Waals surface area contributed by atoms with E-state index in [4.69, 9.17) is 0 Å². The van der Waals surface area contributed by atoms with Gasteiger partial charge >= 0.3 is 0 Å². The first kappa shape index (κ1) is 12.3. The van der Waals surface area contributed by atoms with E-state index in [-0.39, 0.29) is 0 Å². The summed E-state index contributed by atoms with van der Waals surface area (Å²) in [6.45, 7) is 4.00. The summed E-state index contributed by atoms with van der Waals surface area (Å²) in [7, 11) is 6.24. The number of guanidine groups is 1. The van der Waals surface area contributed by atoms with Crippen LogP contribution in [0.1, 0.15) is 39.5 Å². The molecule has 1 saturated carbocycles. The summed E-state index contributed by atoms with van der Waals surface area (Å²) in [5.74, 6) is 1.16. The van der Waals surface area contributed by atoms with Gasteiger partial charge in [0, 0.05) is 21.1 Å². The van der Waals surface area contributed by atoms with Crippen LogP contribution in [-0.4, -0.2) is 49.0 Å². The Bertz CT molecular complexity index is 205. The molecular formula is C12H25N3. The van der Waals surface area contributed by atoms with Crippen LogP contribution in [0.15, 0.2) is 4.99 Å². The Balaban J connectivity index is 0.000000531. The molecule has 2 unspecified atom stereocenters. The third kappa shape index (κ3) is 2.11. The minimum Gasteiger partial charge on any atom is -0.341 e. The molecule has 1 heterocycles. The van der Waals surface area contributed by atoms with Crippen molar-refractivity contribution in [1.82, 2.24) is 9.80 Å². The van der Waals surface area contributed by atoms with Gasteiger partial charge in [-0.05, 0) is 12.8 Å². The van der Waals surface area contributed by atoms with Crippen molar-refractivity contribution in [2.75, 3.05) is 21.1 Å². The highest BCUT2D eigenvalue weighted by atomic mass is 15.4. The maximum absolute atomic E-state index is 4.34. The van der Waals surface area contributed by atoms with Crippen LogP contribution in [0.2, 0.25) is 0 Å². The standard InChI is InChI=1S/C10H19N3.C2H6/c1-11-10-12(2)8-6-4-5-7-9(8)13(10)3;1-2/h8-9H,4-7H2,1-3H3;1-2H3. The van der Waals surface area contributed by atoms with E-state index in [9.17, 15) is 0 Å². The van der Waals surface area contributed by atoms with Gasteiger partial charge in [0.2, 0.25) is 0 Å². The molecule has 88 valence electrons. The molecule has 0 aromatic carbocycles. The number of hydrogen-bond acceptors (Lipinski definition) is 1. The van der Waals surface area contributed by atoms with Crippen LogP contribution in [0, 0.1) is 0 Å². The molecule has 1 aliphatic carbocycles. The minimum atomic E-state index is 0.720. The van der Waals surface area contributed by atoms with E-state index in [2.05, 4.69) is 28.9 Å². The number of nitrogens with zero attached hydrogens (tertiary/aromatic N) is 3. The second-order valence-corrected chi connectivity index (χ2v) is 4.16. The zero-order chi connectivity index (χ0) is 11.4. The Morgan fingerprint density at radius 3 is 1.73 bits per heavy atom. The lowest BCUT2D eigenvalue weighted by atomic mass is 9.91. The van der Waals surface area contributed by atoms with E-state index in [0.717, 1.165) is 18.0 Å². The Morgan fingerprint density at radius 1 is 1.00 bits per heavy atom. The predicted molar refractivity (Wildman–Crippen MR) is 66.3 cm³/mol. The van der Waals surface area contributed by atoms with Crippen molar-refractivity contribution in [3.8, 4) is 0 Å². The van der Waals surface area contributed by atoms with E-state index < -0.39 is 0 Å². The zero-order valence-corrected chi connectivity index (χ0v) is 10.8. The van der Waals surface area contributed by atoms with Gasteiger partial charge in [-0.3, -0.25) is 4.99 Å². The van der Waals surface area contributed by atoms with Crippen LogP contribution in [0.25, 0.3) is 0 Å². The topological polar surface area (TPSA) is 18.8 Å². The van der Waals surface area contributed by atoms with Gasteiger partial charge in [-0.25, -0.2) is 0 Å². The molecule has 2 rings (SSSR count). The highest BCUT2D eigenvalue weighted by Gasteiger charge is 2.40. The fraction of sp³-hybridized carbons (Fsp3) is 0.917. The first-order chi connectivity index (χ1) is 7.25. The number of aliphatic imine (C=N–C) groups is 1. The smallest absolute Gasteiger partial charge is 0.196 e. The Morgan fingerprint density at radius 2 is 1.40 bits per heavy atom. The molecule has 3 heteroatoms. The van der Waals surface area contributed by atoms with Crippen molar-refractivity contribution in [2.45, 2.75) is 51.6 Å². The fourth-order valence-corrected chi connectivity index (χ4v) is 2.86. The molecular weight excluding hydrogens is 186 g/mol. The Kier molecular flexibility index (Phi) is 4.43. The molecule has 15 heavy (non-hydrogen) atoms. The third-order valence-electron chi connectivity index (χ3n) is 3.52. The first-order valence-corrected chi connectivity index (χ1v) is 6.18. The Hall–Kier alpha value is -0.730. The average molecular weight is 211 g/mol. The lowest BCUT2D eigenvalue weighted by molar-refractivity contribution is 0.233. The summed E-state index contributed by atoms with van der Waals surface area (Å²) in [5, 5.41) is 0. The summed E-state index contributed by atoms with van der Waals surface area (Å²) >= 11 is 0. The maximum Gasteiger partial charge on any atom is 0.196 e. The summed E-state index contributed by atoms with van der Waals surface area (Å²) < 4.78 is 0. The highest BCUT2D eigenvalue weighted by Crippen LogP contribution is 2.31. The highest BCUT2D eigenvalue weighted by molar-refractivity contribution is 5.82. The monoisotopic (exact) mass is 211 g/mol. The summed E-state index contributed by atoms with van der Waals surface area (Å²) in [4.78, 5) is 9.04. The second kappa shape index (κ2) is 5.38. The van der Waals surface area contributed by atoms with E-state index in [0.29, 0.717) is 0 Å². The number of hydrogen-bond donors (Lipinski definition) is 0. The van der Waals surface area contributed by atoms with Crippen molar-refractivity contribution in [1.29, 1.82) is 0 Å². The molecule has 0 aromatic rings. The quantitative estimate of drug-likeness (QED) is 0.611. The van der Waals surface area contributed by atoms with Crippen molar-refractivity contribution in [2.24, 2.45) is 4.99 Å². The van der Waals surface area contributed by atoms with E-state index in [1.807, 2.05) is 20.9 Å². The molecule has 2 aliphatic rings. The second-order valence-electron chi connectivity index (χ2n) is 4.16. The SMILES string of the molecule is CC.CN=C1N(C)C2CCCCC2N1C. The van der Waals surface area contributed by atoms with Crippen molar-refractivity contribution < 1.29 is 0 Å². The molecule has 1 saturated heterocycles. The van der Waals surface area contributed by atoms with Crippen LogP contribution in [-0.2, 0) is 0 Å². The number of rotatable bonds is 0. The molecule has 0 radical (unpaired) electrons. The Labute approximate surface area is 94.2 Å². The molecule has 0 spiro atoms. The van der Waals surface area contributed by atoms with Gasteiger partial charge in [0.05, 0.1) is 12.1 Å². The van der Waals surface area contributed by atoms with Gasteiger partial charge in [0.15, 0.2) is 5.96 Å². The van der Waals surface area contributed by atoms with E-state index in [1.54, 1.807) is 0 Å². The van der Waals surface area contributed by atoms with Crippen LogP contribution in [0.4, 0.5) is 0 Å². The summed E-state index contributed by atoms with van der Waals surface area (Å²) in [6.07, 6.45) is 5.45. The average Bonchev–Trinajstić information content (AvgIpc) is 2.55. The molecule has 0 N–H and O–H groups in total. The van der Waals surface area contributed by atoms with Crippen LogP contribution in [0.5, 0.6) is 0 Å². The van der Waals surface area contributed by atoms with E-state index >= 15 is 0 Å². The van der Waals surface area contributed by atoms with Crippen molar-refractivity contribution in [3.05, 3.63) is 0 Å². The lowest BCUT2D eigenvalue weighted by Gasteiger charge is -2.29. The predicted octanol–water partition coefficient (Wildman–Crippen LogP) is 2.19. The van der Waals surface area contributed by atoms with Crippen LogP contribution >= 0.6 is 0 Å². The minimum absolute atomic E-state index is 0.720. The zero-order valence-electron chi connectivity index (χ0n) is 10.8. The lowest BCUT2D eigenvalue weighted by Crippen LogP contribution is -2.37. The fourth-order valence-electron chi connectivity index (χ4n) is 2.86. The van der Waals surface area contributed by atoms with Gasteiger partial charge in [-0.15, -0.1) is 0 Å². The normalized spacial score (nSPS) is 29.5. The molecule has 1 aliphatic heterocycles. The van der Waals surface area contributed by atoms with E-state index in [1.165, 1.54) is 25.7 Å². The van der Waals surface area contributed by atoms with Gasteiger partial charge in [-0.2, -0.15) is 0 Å². The van der Waals surface area contributed by atoms with Crippen LogP contribution in [0.3, 0.4) is 0 Å². The molecule has 3 nitrogen and oxygen atoms in total. The summed E-state index contributed by atoms with van der Waals surface area (Å²) in [6, 6.07) is 1.44. The van der Waals surface area contributed by atoms with Gasteiger partial charge in [0.25, 0.3) is 0 Å². The van der Waals surface area contributed by atoms with Gasteiger partial charge < -0.3 is 9.80 Å². The number of fused-ring (bicyclic) bond motifs is 1. The van der Waals surface area contributed by atoms with Crippen LogP contribution < -0.4 is 0 Å². The molecule has 0 bridgehead atoms. The molecule has 2 fully saturated rings. The third-order valence-corrected chi connectivity index (χ3v) is 3.52. The van der Waals surface area contributed by atoms with Crippen molar-refractivity contribution >= 4 is 5.96 Å². The van der Waals surface area contributed by atoms with Gasteiger partial charge in [-0.1, -0.05) is 26.7 Å². The maximum atomic E-state index is 4.34. The molecule has 0 aromatic heterocycles. The molecule has 0 amide bonds.